The summed E-state index contributed by atoms with van der Waals surface area (Å²) in [6.45, 7) is 27.8. The number of aromatic nitrogens is 4. The summed E-state index contributed by atoms with van der Waals surface area (Å²) in [4.78, 5) is 80.1. The Kier molecular flexibility index (Phi) is 20.3. The number of aliphatic hydroxyl groups excluding tert-OH is 1. The summed E-state index contributed by atoms with van der Waals surface area (Å²) in [6.07, 6.45) is 18.9. The lowest BCUT2D eigenvalue weighted by molar-refractivity contribution is 0.0366. The fourth-order valence-corrected chi connectivity index (χ4v) is 19.6. The van der Waals surface area contributed by atoms with Crippen molar-refractivity contribution >= 4 is 133 Å². The number of likely N-dealkylation sites (tertiary alicyclic amines) is 1. The van der Waals surface area contributed by atoms with Crippen LogP contribution in [0.1, 0.15) is 207 Å². The van der Waals surface area contributed by atoms with Crippen molar-refractivity contribution in [2.45, 2.75) is 175 Å². The van der Waals surface area contributed by atoms with Gasteiger partial charge in [0, 0.05) is 198 Å². The topological polar surface area (TPSA) is 161 Å². The van der Waals surface area contributed by atoms with E-state index in [1.54, 1.807) is 27.7 Å². The molecule has 0 spiro atoms. The number of aryl methyl sites for hydroxylation is 5. The molecule has 564 valence electrons. The van der Waals surface area contributed by atoms with Crippen molar-refractivity contribution in [3.8, 4) is 0 Å². The van der Waals surface area contributed by atoms with E-state index in [9.17, 15) is 33.9 Å². The molecule has 0 bridgehead atoms. The van der Waals surface area contributed by atoms with Crippen LogP contribution in [0, 0.1) is 0 Å². The highest BCUT2D eigenvalue weighted by molar-refractivity contribution is 6.20. The SMILES string of the molecule is C=C1CCc2c1ccc1c2c2c3c(ccc2n1CCN1CCOCC1)C(=O)CC3.C=C1CCc2c1ccc1c2c2c3c(ccc2n1CCO)C(=O)CC3.CC(=O)c1ccc2c(c1)c1cc(C(C)=O)ccc1n2CCCN1CCCC1.CC(=O)c1ccc2c(c1)c1cc(C(C)=O)ccc1n2CCN(C1CCC1)C1CCC1. The maximum absolute atomic E-state index is 12.4. The molecular formula is C95H101N7O8. The molecule has 0 radical (unpaired) electrons. The van der Waals surface area contributed by atoms with Gasteiger partial charge in [-0.2, -0.15) is 0 Å². The molecule has 2 aliphatic heterocycles. The van der Waals surface area contributed by atoms with Gasteiger partial charge in [0.15, 0.2) is 34.7 Å². The van der Waals surface area contributed by atoms with Gasteiger partial charge in [-0.05, 0) is 285 Å². The summed E-state index contributed by atoms with van der Waals surface area (Å²) in [7, 11) is 0. The lowest BCUT2D eigenvalue weighted by Gasteiger charge is -2.46. The van der Waals surface area contributed by atoms with Gasteiger partial charge in [0.2, 0.25) is 0 Å². The number of benzene rings is 8. The van der Waals surface area contributed by atoms with Gasteiger partial charge < -0.3 is 33.0 Å². The zero-order valence-electron chi connectivity index (χ0n) is 64.5. The normalized spacial score (nSPS) is 17.1. The lowest BCUT2D eigenvalue weighted by Crippen LogP contribution is -2.50. The van der Waals surface area contributed by atoms with Crippen molar-refractivity contribution in [3.05, 3.63) is 201 Å². The smallest absolute Gasteiger partial charge is 0.163 e. The highest BCUT2D eigenvalue weighted by Gasteiger charge is 2.35. The highest BCUT2D eigenvalue weighted by atomic mass is 16.5. The minimum absolute atomic E-state index is 0.0644. The molecule has 0 amide bonds. The Morgan fingerprint density at radius 2 is 0.736 bits per heavy atom. The summed E-state index contributed by atoms with van der Waals surface area (Å²) in [5.74, 6) is 0.826. The van der Waals surface area contributed by atoms with Crippen LogP contribution in [-0.2, 0) is 56.6 Å². The van der Waals surface area contributed by atoms with Gasteiger partial charge in [-0.1, -0.05) is 38.1 Å². The Morgan fingerprint density at radius 1 is 0.391 bits per heavy atom. The number of hydrogen-bond donors (Lipinski definition) is 1. The fraction of sp³-hybridized carbons (Fsp3) is 0.389. The van der Waals surface area contributed by atoms with E-state index in [-0.39, 0.29) is 35.5 Å². The second kappa shape index (κ2) is 30.5. The number of aliphatic hydroxyl groups is 1. The Bertz CT molecular complexity index is 5490. The van der Waals surface area contributed by atoms with Crippen LogP contribution in [0.15, 0.2) is 134 Å². The minimum atomic E-state index is 0.0644. The molecule has 0 unspecified atom stereocenters. The van der Waals surface area contributed by atoms with E-state index in [2.05, 4.69) is 113 Å². The third kappa shape index (κ3) is 13.3. The van der Waals surface area contributed by atoms with Crippen LogP contribution in [0.3, 0.4) is 0 Å². The first kappa shape index (κ1) is 73.1. The van der Waals surface area contributed by atoms with Crippen LogP contribution in [0.25, 0.3) is 98.4 Å². The van der Waals surface area contributed by atoms with Crippen LogP contribution >= 0.6 is 0 Å². The van der Waals surface area contributed by atoms with Crippen molar-refractivity contribution < 1.29 is 38.6 Å². The van der Waals surface area contributed by atoms with Gasteiger partial charge in [0.25, 0.3) is 0 Å². The van der Waals surface area contributed by atoms with E-state index in [0.29, 0.717) is 36.3 Å². The molecule has 0 atom stereocenters. The van der Waals surface area contributed by atoms with Crippen LogP contribution < -0.4 is 0 Å². The second-order valence-electron chi connectivity index (χ2n) is 32.2. The predicted octanol–water partition coefficient (Wildman–Crippen LogP) is 18.4. The van der Waals surface area contributed by atoms with Crippen molar-refractivity contribution in [1.29, 1.82) is 0 Å². The maximum atomic E-state index is 12.4. The first-order valence-corrected chi connectivity index (χ1v) is 40.7. The largest absolute Gasteiger partial charge is 0.395 e. The van der Waals surface area contributed by atoms with Crippen LogP contribution in [0.5, 0.6) is 0 Å². The molecule has 6 heterocycles. The molecule has 4 aromatic heterocycles. The van der Waals surface area contributed by atoms with Crippen molar-refractivity contribution in [2.24, 2.45) is 0 Å². The molecule has 2 saturated carbocycles. The highest BCUT2D eigenvalue weighted by Crippen LogP contribution is 2.47. The van der Waals surface area contributed by atoms with Crippen LogP contribution in [0.4, 0.5) is 0 Å². The molecule has 15 nitrogen and oxygen atoms in total. The Morgan fingerprint density at radius 3 is 1.12 bits per heavy atom. The summed E-state index contributed by atoms with van der Waals surface area (Å²) in [5.41, 5.74) is 24.5. The Hall–Kier alpha value is -9.74. The number of carbonyl (C=O) groups excluding carboxylic acids is 6. The van der Waals surface area contributed by atoms with E-state index in [1.807, 2.05) is 54.6 Å². The van der Waals surface area contributed by atoms with E-state index in [1.165, 1.54) is 147 Å². The standard InChI is InChI=1S/C26H30N2O2.C25H26N2O2.C23H26N2O2.C21H19NO2/c1-17(29)19-9-11-25-23(15-19)24-16-20(18(2)30)10-12-26(24)28(25)14-13-27(21-5-3-6-21)22-7-4-8-22;1-16-2-3-19-17(16)4-7-21-24(19)25-20-6-9-23(28)18(20)5-8-22(25)27(21)11-10-26-12-14-29-15-13-26;1-16(26)18-6-8-22-20(14-18)21-15-19(17(2)27)7-9-23(21)25(22)13-5-12-24-10-3-4-11-24;1-12-2-3-15-13(12)4-7-17-20(15)21-16-6-9-19(24)14(16)5-8-18(21)22(17)10-11-23/h9-12,15-16,21-22H,3-8,13-14H2,1-2H3;4-5,7-8H,1-3,6,9-15H2;6-9,14-15H,3-5,10-13H2,1-2H3;4-5,7-8,23H,1-3,6,9-11H2. The molecule has 110 heavy (non-hydrogen) atoms. The zero-order chi connectivity index (χ0) is 75.8. The predicted molar refractivity (Wildman–Crippen MR) is 444 cm³/mol. The number of morpholine rings is 1. The number of ketones is 6. The van der Waals surface area contributed by atoms with Gasteiger partial charge >= 0.3 is 0 Å². The monoisotopic (exact) mass is 1470 g/mol. The number of hydrogen-bond acceptors (Lipinski definition) is 11. The fourth-order valence-electron chi connectivity index (χ4n) is 19.6. The van der Waals surface area contributed by atoms with Gasteiger partial charge in [-0.3, -0.25) is 38.6 Å². The maximum Gasteiger partial charge on any atom is 0.163 e. The second-order valence-corrected chi connectivity index (χ2v) is 32.2. The third-order valence-electron chi connectivity index (χ3n) is 25.9. The van der Waals surface area contributed by atoms with Crippen molar-refractivity contribution in [3.63, 3.8) is 0 Å². The van der Waals surface area contributed by atoms with E-state index < -0.39 is 0 Å². The molecule has 6 aliphatic carbocycles. The summed E-state index contributed by atoms with van der Waals surface area (Å²) in [5, 5.41) is 19.0. The quantitative estimate of drug-likeness (QED) is 0.0814. The number of rotatable bonds is 18. The van der Waals surface area contributed by atoms with Gasteiger partial charge in [-0.25, -0.2) is 0 Å². The molecule has 8 aromatic carbocycles. The van der Waals surface area contributed by atoms with Crippen LogP contribution in [-0.4, -0.2) is 150 Å². The van der Waals surface area contributed by atoms with Gasteiger partial charge in [0.1, 0.15) is 0 Å². The number of nitrogens with zero attached hydrogens (tertiary/aromatic N) is 7. The van der Waals surface area contributed by atoms with Gasteiger partial charge in [0.05, 0.1) is 19.8 Å². The molecule has 2 saturated heterocycles. The molecule has 1 N–H and O–H groups in total. The van der Waals surface area contributed by atoms with Crippen molar-refractivity contribution in [2.75, 3.05) is 65.6 Å². The number of Topliss-reactive ketones (excluding diaryl/α,β-unsaturated/α-hetero) is 6. The summed E-state index contributed by atoms with van der Waals surface area (Å²) < 4.78 is 14.9. The molecular weight excluding hydrogens is 1370 g/mol. The molecule has 12 aromatic rings. The average molecular weight is 1470 g/mol. The number of carbonyl (C=O) groups is 6. The molecule has 15 heteroatoms. The summed E-state index contributed by atoms with van der Waals surface area (Å²) >= 11 is 0. The first-order chi connectivity index (χ1) is 53.5. The lowest BCUT2D eigenvalue weighted by atomic mass is 9.84. The van der Waals surface area contributed by atoms with Crippen molar-refractivity contribution in [1.82, 2.24) is 33.0 Å². The number of ether oxygens (including phenoxy) is 1. The average Bonchev–Trinajstić information content (AvgIpc) is 1.56. The minimum Gasteiger partial charge on any atom is -0.395 e. The number of allylic oxidation sites excluding steroid dienone is 2. The first-order valence-electron chi connectivity index (χ1n) is 40.7. The Labute approximate surface area is 643 Å². The third-order valence-corrected chi connectivity index (χ3v) is 25.9. The molecule has 8 aliphatic rings. The van der Waals surface area contributed by atoms with Crippen LogP contribution in [0.2, 0.25) is 0 Å². The molecule has 20 rings (SSSR count). The van der Waals surface area contributed by atoms with E-state index in [0.717, 1.165) is 194 Å². The van der Waals surface area contributed by atoms with E-state index in [4.69, 9.17) is 4.74 Å². The number of fused-ring (bicyclic) bond motifs is 20. The zero-order valence-corrected chi connectivity index (χ0v) is 64.5. The molecule has 4 fully saturated rings. The summed E-state index contributed by atoms with van der Waals surface area (Å²) in [6, 6.07) is 42.6. The van der Waals surface area contributed by atoms with E-state index >= 15 is 0 Å². The van der Waals surface area contributed by atoms with Gasteiger partial charge in [-0.15, -0.1) is 0 Å². The Balaban J connectivity index is 0.000000107.